The Bertz CT molecular complexity index is 695. The third-order valence-electron chi connectivity index (χ3n) is 8.90. The molecule has 0 unspecified atom stereocenters. The summed E-state index contributed by atoms with van der Waals surface area (Å²) in [5, 5.41) is 11.4. The van der Waals surface area contributed by atoms with Gasteiger partial charge >= 0.3 is 0 Å². The van der Waals surface area contributed by atoms with E-state index >= 15 is 0 Å². The Balaban J connectivity index is 1.65. The molecule has 0 heterocycles. The molecular weight excluding hydrogens is 356 g/mol. The van der Waals surface area contributed by atoms with Crippen LogP contribution < -0.4 is 0 Å². The molecule has 156 valence electrons. The molecule has 1 N–H and O–H groups in total. The van der Waals surface area contributed by atoms with Gasteiger partial charge in [-0.1, -0.05) is 19.4 Å². The first-order valence-electron chi connectivity index (χ1n) is 10.8. The van der Waals surface area contributed by atoms with Gasteiger partial charge in [-0.15, -0.1) is 0 Å². The number of aliphatic hydroxyl groups is 1. The Morgan fingerprint density at radius 1 is 1.18 bits per heavy atom. The van der Waals surface area contributed by atoms with Crippen molar-refractivity contribution in [2.24, 2.45) is 34.5 Å². The number of ether oxygens (including phenoxy) is 2. The molecule has 0 aromatic heterocycles. The second kappa shape index (κ2) is 7.03. The maximum atomic E-state index is 13.1. The minimum absolute atomic E-state index is 0.0199. The number of hydrogen-bond acceptors (Lipinski definition) is 5. The number of methoxy groups -OCH3 is 2. The first-order chi connectivity index (χ1) is 13.3. The lowest BCUT2D eigenvalue weighted by atomic mass is 9.46. The van der Waals surface area contributed by atoms with E-state index in [4.69, 9.17) is 9.47 Å². The topological polar surface area (TPSA) is 72.8 Å². The van der Waals surface area contributed by atoms with Crippen LogP contribution in [0.15, 0.2) is 11.6 Å². The summed E-state index contributed by atoms with van der Waals surface area (Å²) in [6.07, 6.45) is 6.50. The summed E-state index contributed by atoms with van der Waals surface area (Å²) >= 11 is 0. The van der Waals surface area contributed by atoms with Crippen LogP contribution >= 0.6 is 0 Å². The molecule has 4 rings (SSSR count). The largest absolute Gasteiger partial charge is 0.393 e. The second-order valence-corrected chi connectivity index (χ2v) is 10.0. The fourth-order valence-electron chi connectivity index (χ4n) is 7.65. The minimum atomic E-state index is -0.821. The standard InChI is InChI=1S/C23H34O5/c1-22-10-9-14(24)11-13(22)5-6-15-16-7-8-17(20(26)21(27-3)28-4)23(16,2)12-18(25)19(15)22/h11,15-19,21,25H,5-10,12H2,1-4H3/t15-,16-,17+,18+,19+,22+,23+/m1/s1. The van der Waals surface area contributed by atoms with Crippen LogP contribution in [-0.4, -0.2) is 43.3 Å². The normalized spacial score (nSPS) is 45.3. The molecule has 0 aliphatic heterocycles. The Kier molecular flexibility index (Phi) is 5.08. The Morgan fingerprint density at radius 2 is 1.89 bits per heavy atom. The van der Waals surface area contributed by atoms with Crippen LogP contribution in [0, 0.1) is 34.5 Å². The van der Waals surface area contributed by atoms with Gasteiger partial charge in [0.2, 0.25) is 6.29 Å². The number of ketones is 2. The van der Waals surface area contributed by atoms with Crippen LogP contribution in [0.25, 0.3) is 0 Å². The molecule has 5 nitrogen and oxygen atoms in total. The van der Waals surface area contributed by atoms with E-state index in [2.05, 4.69) is 13.8 Å². The summed E-state index contributed by atoms with van der Waals surface area (Å²) in [6, 6.07) is 0. The summed E-state index contributed by atoms with van der Waals surface area (Å²) in [4.78, 5) is 25.1. The second-order valence-electron chi connectivity index (χ2n) is 10.0. The molecule has 0 spiro atoms. The van der Waals surface area contributed by atoms with Crippen molar-refractivity contribution in [3.05, 3.63) is 11.6 Å². The van der Waals surface area contributed by atoms with Gasteiger partial charge in [0.1, 0.15) is 0 Å². The zero-order valence-corrected chi connectivity index (χ0v) is 17.6. The van der Waals surface area contributed by atoms with Gasteiger partial charge in [0.15, 0.2) is 11.6 Å². The van der Waals surface area contributed by atoms with Crippen molar-refractivity contribution in [2.75, 3.05) is 14.2 Å². The van der Waals surface area contributed by atoms with Crippen molar-refractivity contribution < 1.29 is 24.2 Å². The van der Waals surface area contributed by atoms with E-state index < -0.39 is 12.4 Å². The smallest absolute Gasteiger partial charge is 0.217 e. The molecule has 0 aromatic rings. The SMILES string of the molecule is COC(OC)C(=O)[C@@H]1CC[C@@H]2[C@H]3CCC4=CC(=O)CC[C@]4(C)[C@@H]3[C@@H](O)C[C@@]21C. The van der Waals surface area contributed by atoms with E-state index in [0.717, 1.165) is 32.1 Å². The molecule has 0 bridgehead atoms. The zero-order valence-electron chi connectivity index (χ0n) is 17.6. The highest BCUT2D eigenvalue weighted by molar-refractivity contribution is 5.91. The molecule has 0 aromatic carbocycles. The molecule has 3 fully saturated rings. The first-order valence-corrected chi connectivity index (χ1v) is 10.8. The molecule has 0 amide bonds. The van der Waals surface area contributed by atoms with Crippen LogP contribution in [0.3, 0.4) is 0 Å². The maximum Gasteiger partial charge on any atom is 0.217 e. The highest BCUT2D eigenvalue weighted by Crippen LogP contribution is 2.66. The molecule has 4 aliphatic rings. The molecular formula is C23H34O5. The molecule has 0 radical (unpaired) electrons. The summed E-state index contributed by atoms with van der Waals surface area (Å²) in [7, 11) is 3.01. The van der Waals surface area contributed by atoms with Gasteiger partial charge in [-0.05, 0) is 73.2 Å². The van der Waals surface area contributed by atoms with Crippen LogP contribution in [0.1, 0.15) is 58.8 Å². The third kappa shape index (κ3) is 2.77. The van der Waals surface area contributed by atoms with Crippen molar-refractivity contribution in [1.29, 1.82) is 0 Å². The number of hydrogen-bond donors (Lipinski definition) is 1. The predicted octanol–water partition coefficient (Wildman–Crippen LogP) is 3.29. The number of aliphatic hydroxyl groups excluding tert-OH is 1. The molecule has 4 aliphatic carbocycles. The van der Waals surface area contributed by atoms with Gasteiger partial charge in [-0.3, -0.25) is 9.59 Å². The highest BCUT2D eigenvalue weighted by Gasteiger charge is 2.63. The fourth-order valence-corrected chi connectivity index (χ4v) is 7.65. The average Bonchev–Trinajstić information content (AvgIpc) is 2.99. The molecule has 3 saturated carbocycles. The van der Waals surface area contributed by atoms with Crippen molar-refractivity contribution in [1.82, 2.24) is 0 Å². The number of rotatable bonds is 4. The van der Waals surface area contributed by atoms with E-state index in [1.54, 1.807) is 0 Å². The lowest BCUT2D eigenvalue weighted by Gasteiger charge is -2.59. The Morgan fingerprint density at radius 3 is 2.57 bits per heavy atom. The van der Waals surface area contributed by atoms with Gasteiger partial charge in [0.25, 0.3) is 0 Å². The molecule has 0 saturated heterocycles. The third-order valence-corrected chi connectivity index (χ3v) is 8.90. The van der Waals surface area contributed by atoms with Crippen LogP contribution in [-0.2, 0) is 19.1 Å². The van der Waals surface area contributed by atoms with E-state index in [0.29, 0.717) is 24.7 Å². The van der Waals surface area contributed by atoms with Crippen LogP contribution in [0.4, 0.5) is 0 Å². The highest BCUT2D eigenvalue weighted by atomic mass is 16.7. The van der Waals surface area contributed by atoms with Crippen LogP contribution in [0.5, 0.6) is 0 Å². The van der Waals surface area contributed by atoms with E-state index in [1.165, 1.54) is 19.8 Å². The van der Waals surface area contributed by atoms with Gasteiger partial charge in [0.05, 0.1) is 6.10 Å². The van der Waals surface area contributed by atoms with Crippen molar-refractivity contribution in [3.8, 4) is 0 Å². The summed E-state index contributed by atoms with van der Waals surface area (Å²) in [6.45, 7) is 4.46. The van der Waals surface area contributed by atoms with Gasteiger partial charge in [0, 0.05) is 26.6 Å². The molecule has 28 heavy (non-hydrogen) atoms. The lowest BCUT2D eigenvalue weighted by molar-refractivity contribution is -0.172. The fraction of sp³-hybridized carbons (Fsp3) is 0.826. The summed E-state index contributed by atoms with van der Waals surface area (Å²) in [5.74, 6) is 1.15. The molecule has 7 atom stereocenters. The quantitative estimate of drug-likeness (QED) is 0.746. The summed E-state index contributed by atoms with van der Waals surface area (Å²) < 4.78 is 10.5. The van der Waals surface area contributed by atoms with Gasteiger partial charge < -0.3 is 14.6 Å². The Labute approximate surface area is 167 Å². The van der Waals surface area contributed by atoms with Crippen molar-refractivity contribution in [3.63, 3.8) is 0 Å². The van der Waals surface area contributed by atoms with E-state index in [-0.39, 0.29) is 34.2 Å². The number of Topliss-reactive ketones (excluding diaryl/α,β-unsaturated/α-hetero) is 1. The monoisotopic (exact) mass is 390 g/mol. The summed E-state index contributed by atoms with van der Waals surface area (Å²) in [5.41, 5.74) is 0.952. The first kappa shape index (κ1) is 20.2. The minimum Gasteiger partial charge on any atom is -0.393 e. The van der Waals surface area contributed by atoms with E-state index in [1.807, 2.05) is 6.08 Å². The zero-order chi connectivity index (χ0) is 20.3. The molecule has 5 heteroatoms. The number of carbonyl (C=O) groups excluding carboxylic acids is 2. The van der Waals surface area contributed by atoms with Crippen molar-refractivity contribution in [2.45, 2.75) is 71.2 Å². The van der Waals surface area contributed by atoms with Gasteiger partial charge in [-0.25, -0.2) is 0 Å². The average molecular weight is 391 g/mol. The maximum absolute atomic E-state index is 13.1. The van der Waals surface area contributed by atoms with Crippen LogP contribution in [0.2, 0.25) is 0 Å². The Hall–Kier alpha value is -1.04. The number of carbonyl (C=O) groups is 2. The van der Waals surface area contributed by atoms with Gasteiger partial charge in [-0.2, -0.15) is 0 Å². The van der Waals surface area contributed by atoms with Crippen molar-refractivity contribution >= 4 is 11.6 Å². The van der Waals surface area contributed by atoms with E-state index in [9.17, 15) is 14.7 Å². The predicted molar refractivity (Wildman–Crippen MR) is 104 cm³/mol. The number of allylic oxidation sites excluding steroid dienone is 1. The number of fused-ring (bicyclic) bond motifs is 5. The lowest BCUT2D eigenvalue weighted by Crippen LogP contribution is -2.57.